The molecule has 1 aliphatic heterocycles. The molecule has 5 aliphatic rings. The summed E-state index contributed by atoms with van der Waals surface area (Å²) >= 11 is 0. The highest BCUT2D eigenvalue weighted by molar-refractivity contribution is 5.83. The minimum atomic E-state index is -0.296. The van der Waals surface area contributed by atoms with Crippen LogP contribution in [0, 0.1) is 29.0 Å². The summed E-state index contributed by atoms with van der Waals surface area (Å²) in [6.45, 7) is 1.42. The van der Waals surface area contributed by atoms with Crippen LogP contribution >= 0.6 is 0 Å². The molecule has 4 saturated carbocycles. The summed E-state index contributed by atoms with van der Waals surface area (Å²) in [7, 11) is 0. The molecule has 2 aromatic rings. The van der Waals surface area contributed by atoms with Crippen LogP contribution in [0.25, 0.3) is 11.1 Å². The van der Waals surface area contributed by atoms with Crippen LogP contribution in [0.5, 0.6) is 0 Å². The Morgan fingerprint density at radius 1 is 1.09 bits per heavy atom. The fourth-order valence-corrected chi connectivity index (χ4v) is 7.42. The van der Waals surface area contributed by atoms with Gasteiger partial charge in [0.05, 0.1) is 17.2 Å². The van der Waals surface area contributed by atoms with Crippen molar-refractivity contribution in [2.75, 3.05) is 18.0 Å². The summed E-state index contributed by atoms with van der Waals surface area (Å²) < 4.78 is 15.1. The summed E-state index contributed by atoms with van der Waals surface area (Å²) in [6.07, 6.45) is 9.85. The Hall–Kier alpha value is -2.47. The molecule has 1 saturated heterocycles. The summed E-state index contributed by atoms with van der Waals surface area (Å²) in [5, 5.41) is 13.9. The Morgan fingerprint density at radius 2 is 1.85 bits per heavy atom. The molecule has 1 amide bonds. The zero-order valence-electron chi connectivity index (χ0n) is 18.9. The normalized spacial score (nSPS) is 35.0. The Labute approximate surface area is 194 Å². The number of aromatic nitrogens is 1. The molecule has 3 unspecified atom stereocenters. The van der Waals surface area contributed by atoms with Gasteiger partial charge in [-0.1, -0.05) is 6.07 Å². The van der Waals surface area contributed by atoms with E-state index in [9.17, 15) is 9.90 Å². The van der Waals surface area contributed by atoms with Crippen LogP contribution in [-0.2, 0) is 4.79 Å². The molecule has 5 nitrogen and oxygen atoms in total. The predicted octanol–water partition coefficient (Wildman–Crippen LogP) is 4.16. The Balaban J connectivity index is 1.15. The number of nitrogens with one attached hydrogen (secondary N) is 1. The van der Waals surface area contributed by atoms with Gasteiger partial charge in [0.15, 0.2) is 0 Å². The van der Waals surface area contributed by atoms with Gasteiger partial charge in [-0.15, -0.1) is 0 Å². The highest BCUT2D eigenvalue weighted by atomic mass is 19.1. The molecule has 174 valence electrons. The maximum absolute atomic E-state index is 15.1. The van der Waals surface area contributed by atoms with Crippen molar-refractivity contribution in [3.05, 3.63) is 48.5 Å². The summed E-state index contributed by atoms with van der Waals surface area (Å²) in [5.41, 5.74) is 2.09. The number of hydrogen-bond donors (Lipinski definition) is 2. The van der Waals surface area contributed by atoms with Crippen LogP contribution in [0.1, 0.15) is 44.9 Å². The number of anilines is 1. The highest BCUT2D eigenvalue weighted by Crippen LogP contribution is 2.60. The second-order valence-corrected chi connectivity index (χ2v) is 10.9. The second-order valence-electron chi connectivity index (χ2n) is 10.9. The first-order chi connectivity index (χ1) is 16.0. The quantitative estimate of drug-likeness (QED) is 0.736. The van der Waals surface area contributed by atoms with Crippen molar-refractivity contribution in [3.8, 4) is 11.1 Å². The van der Waals surface area contributed by atoms with E-state index in [1.165, 1.54) is 0 Å². The number of amides is 1. The topological polar surface area (TPSA) is 65.5 Å². The number of rotatable bonds is 4. The molecule has 1 aromatic carbocycles. The molecule has 3 atom stereocenters. The number of piperidine rings is 1. The molecule has 4 aliphatic carbocycles. The molecule has 2 heterocycles. The molecule has 5 fully saturated rings. The van der Waals surface area contributed by atoms with Gasteiger partial charge in [-0.2, -0.15) is 0 Å². The third-order valence-electron chi connectivity index (χ3n) is 8.76. The summed E-state index contributed by atoms with van der Waals surface area (Å²) in [4.78, 5) is 19.6. The lowest BCUT2D eigenvalue weighted by atomic mass is 9.48. The van der Waals surface area contributed by atoms with Crippen LogP contribution < -0.4 is 10.2 Å². The fraction of sp³-hybridized carbons (Fsp3) is 0.556. The maximum Gasteiger partial charge on any atom is 0.226 e. The number of pyridine rings is 1. The van der Waals surface area contributed by atoms with E-state index in [0.717, 1.165) is 62.6 Å². The first-order valence-electron chi connectivity index (χ1n) is 12.4. The number of nitrogens with zero attached hydrogens (tertiary/aromatic N) is 2. The minimum absolute atomic E-state index is 0.0310. The first kappa shape index (κ1) is 21.1. The average molecular weight is 450 g/mol. The van der Waals surface area contributed by atoms with Gasteiger partial charge in [0.1, 0.15) is 5.82 Å². The molecule has 4 bridgehead atoms. The van der Waals surface area contributed by atoms with Crippen molar-refractivity contribution in [1.29, 1.82) is 0 Å². The Bertz CT molecular complexity index is 1030. The predicted molar refractivity (Wildman–Crippen MR) is 125 cm³/mol. The van der Waals surface area contributed by atoms with Crippen molar-refractivity contribution >= 4 is 11.6 Å². The largest absolute Gasteiger partial charge is 0.393 e. The van der Waals surface area contributed by atoms with Crippen molar-refractivity contribution in [3.63, 3.8) is 0 Å². The van der Waals surface area contributed by atoms with E-state index >= 15 is 4.39 Å². The Morgan fingerprint density at radius 3 is 2.58 bits per heavy atom. The van der Waals surface area contributed by atoms with E-state index < -0.39 is 0 Å². The average Bonchev–Trinajstić information content (AvgIpc) is 2.82. The summed E-state index contributed by atoms with van der Waals surface area (Å²) in [5.74, 6) is 1.11. The van der Waals surface area contributed by atoms with E-state index in [1.54, 1.807) is 18.5 Å². The van der Waals surface area contributed by atoms with Crippen LogP contribution in [0.4, 0.5) is 10.1 Å². The van der Waals surface area contributed by atoms with Crippen LogP contribution in [-0.4, -0.2) is 41.2 Å². The molecule has 1 aromatic heterocycles. The Kier molecular flexibility index (Phi) is 5.17. The standard InChI is InChI=1S/C27H32FN3O2/c28-23-12-19(18-5-7-29-8-6-18)3-4-24(23)31-9-1-2-22(16-31)30-26(33)27-13-17-10-20(14-27)25(32)21(11-17)15-27/h3-8,12,17,20-22,25,32H,1-2,9-11,13-16H2,(H,30,33). The van der Waals surface area contributed by atoms with Gasteiger partial charge in [0.2, 0.25) is 5.91 Å². The lowest BCUT2D eigenvalue weighted by Gasteiger charge is -2.58. The molecule has 0 radical (unpaired) electrons. The fourth-order valence-electron chi connectivity index (χ4n) is 7.42. The smallest absolute Gasteiger partial charge is 0.226 e. The van der Waals surface area contributed by atoms with E-state index in [0.29, 0.717) is 18.2 Å². The molecule has 7 rings (SSSR count). The monoisotopic (exact) mass is 449 g/mol. The molecular weight excluding hydrogens is 417 g/mol. The van der Waals surface area contributed by atoms with Crippen molar-refractivity contribution in [1.82, 2.24) is 10.3 Å². The zero-order chi connectivity index (χ0) is 22.6. The van der Waals surface area contributed by atoms with Crippen LogP contribution in [0.3, 0.4) is 0 Å². The summed E-state index contributed by atoms with van der Waals surface area (Å²) in [6, 6.07) is 9.19. The molecule has 2 N–H and O–H groups in total. The number of hydrogen-bond acceptors (Lipinski definition) is 4. The number of aliphatic hydroxyl groups excluding tert-OH is 1. The molecule has 33 heavy (non-hydrogen) atoms. The zero-order valence-corrected chi connectivity index (χ0v) is 18.9. The number of aliphatic hydroxyl groups is 1. The van der Waals surface area contributed by atoms with E-state index in [1.807, 2.05) is 24.3 Å². The van der Waals surface area contributed by atoms with Gasteiger partial charge in [-0.25, -0.2) is 4.39 Å². The highest BCUT2D eigenvalue weighted by Gasteiger charge is 2.58. The first-order valence-corrected chi connectivity index (χ1v) is 12.4. The van der Waals surface area contributed by atoms with Crippen LogP contribution in [0.2, 0.25) is 0 Å². The molecule has 0 spiro atoms. The van der Waals surface area contributed by atoms with Gasteiger partial charge in [0, 0.05) is 31.5 Å². The van der Waals surface area contributed by atoms with Crippen LogP contribution in [0.15, 0.2) is 42.7 Å². The van der Waals surface area contributed by atoms with Gasteiger partial charge in [0.25, 0.3) is 0 Å². The van der Waals surface area contributed by atoms with Crippen molar-refractivity contribution < 1.29 is 14.3 Å². The number of carbonyl (C=O) groups excluding carboxylic acids is 1. The van der Waals surface area contributed by atoms with E-state index in [2.05, 4.69) is 15.2 Å². The minimum Gasteiger partial charge on any atom is -0.393 e. The SMILES string of the molecule is O=C(NC1CCCN(c2ccc(-c3ccncc3)cc2F)C1)C12CC3CC(C1)C(O)C(C3)C2. The van der Waals surface area contributed by atoms with Crippen molar-refractivity contribution in [2.45, 2.75) is 57.1 Å². The second kappa shape index (κ2) is 8.08. The number of halogens is 1. The van der Waals surface area contributed by atoms with Crippen molar-refractivity contribution in [2.24, 2.45) is 23.2 Å². The lowest BCUT2D eigenvalue weighted by molar-refractivity contribution is -0.163. The van der Waals surface area contributed by atoms with E-state index in [4.69, 9.17) is 0 Å². The number of benzene rings is 1. The maximum atomic E-state index is 15.1. The molecule has 6 heteroatoms. The van der Waals surface area contributed by atoms with Gasteiger partial charge in [-0.05, 0) is 98.1 Å². The third kappa shape index (κ3) is 3.72. The lowest BCUT2D eigenvalue weighted by Crippen LogP contribution is -2.60. The van der Waals surface area contributed by atoms with Gasteiger partial charge >= 0.3 is 0 Å². The molecular formula is C27H32FN3O2. The van der Waals surface area contributed by atoms with E-state index in [-0.39, 0.29) is 41.1 Å². The third-order valence-corrected chi connectivity index (χ3v) is 8.76. The number of carbonyl (C=O) groups is 1. The van der Waals surface area contributed by atoms with Gasteiger partial charge < -0.3 is 15.3 Å². The van der Waals surface area contributed by atoms with Gasteiger partial charge in [-0.3, -0.25) is 9.78 Å².